The summed E-state index contributed by atoms with van der Waals surface area (Å²) in [5, 5.41) is 7.28. The fraction of sp³-hybridized carbons (Fsp3) is 0.320. The summed E-state index contributed by atoms with van der Waals surface area (Å²) in [6, 6.07) is 15.4. The van der Waals surface area contributed by atoms with Gasteiger partial charge in [0.2, 0.25) is 6.41 Å². The first-order chi connectivity index (χ1) is 14.5. The van der Waals surface area contributed by atoms with Gasteiger partial charge in [-0.15, -0.1) is 0 Å². The maximum Gasteiger partial charge on any atom is 0.209 e. The fourth-order valence-electron chi connectivity index (χ4n) is 4.35. The molecule has 0 radical (unpaired) electrons. The maximum atomic E-state index is 11.0. The molecule has 1 unspecified atom stereocenters. The van der Waals surface area contributed by atoms with E-state index >= 15 is 0 Å². The van der Waals surface area contributed by atoms with Crippen LogP contribution >= 0.6 is 0 Å². The Kier molecular flexibility index (Phi) is 5.79. The van der Waals surface area contributed by atoms with E-state index in [1.54, 1.807) is 4.90 Å². The van der Waals surface area contributed by atoms with Crippen LogP contribution in [0.2, 0.25) is 0 Å². The van der Waals surface area contributed by atoms with Crippen LogP contribution in [0.3, 0.4) is 0 Å². The molecular formula is C25H30N4O. The Labute approximate surface area is 178 Å². The summed E-state index contributed by atoms with van der Waals surface area (Å²) in [7, 11) is 0. The Morgan fingerprint density at radius 3 is 2.83 bits per heavy atom. The molecule has 0 saturated carbocycles. The van der Waals surface area contributed by atoms with Crippen molar-refractivity contribution in [2.75, 3.05) is 25.0 Å². The molecule has 5 nitrogen and oxygen atoms in total. The minimum atomic E-state index is 0.182. The third kappa shape index (κ3) is 4.20. The number of rotatable bonds is 4. The fourth-order valence-corrected chi connectivity index (χ4v) is 4.35. The van der Waals surface area contributed by atoms with Crippen LogP contribution in [0.1, 0.15) is 48.1 Å². The Balaban J connectivity index is 1.74. The highest BCUT2D eigenvalue weighted by Crippen LogP contribution is 2.35. The number of fused-ring (bicyclic) bond motifs is 1. The van der Waals surface area contributed by atoms with E-state index in [2.05, 4.69) is 66.1 Å². The topological polar surface area (TPSA) is 70.4 Å². The molecule has 0 fully saturated rings. The van der Waals surface area contributed by atoms with Gasteiger partial charge in [-0.2, -0.15) is 0 Å². The molecule has 2 heterocycles. The Morgan fingerprint density at radius 2 is 2.13 bits per heavy atom. The quantitative estimate of drug-likeness (QED) is 0.675. The van der Waals surface area contributed by atoms with E-state index in [0.29, 0.717) is 6.54 Å². The number of carbonyl (C=O) groups is 1. The maximum absolute atomic E-state index is 11.0. The lowest BCUT2D eigenvalue weighted by atomic mass is 9.90. The van der Waals surface area contributed by atoms with Crippen molar-refractivity contribution in [2.24, 2.45) is 5.73 Å². The Morgan fingerprint density at radius 1 is 1.27 bits per heavy atom. The lowest BCUT2D eigenvalue weighted by molar-refractivity contribution is -0.117. The zero-order chi connectivity index (χ0) is 21.1. The van der Waals surface area contributed by atoms with Crippen LogP contribution < -0.4 is 16.4 Å². The van der Waals surface area contributed by atoms with Gasteiger partial charge in [-0.05, 0) is 67.2 Å². The Hall–Kier alpha value is -3.21. The van der Waals surface area contributed by atoms with E-state index < -0.39 is 0 Å². The number of carbonyl (C=O) groups excluding carboxylic acids is 1. The van der Waals surface area contributed by atoms with E-state index in [-0.39, 0.29) is 6.04 Å². The summed E-state index contributed by atoms with van der Waals surface area (Å²) < 4.78 is 0. The van der Waals surface area contributed by atoms with Gasteiger partial charge >= 0.3 is 0 Å². The molecule has 5 heteroatoms. The zero-order valence-electron chi connectivity index (χ0n) is 17.7. The second kappa shape index (κ2) is 8.66. The highest BCUT2D eigenvalue weighted by molar-refractivity contribution is 5.75. The number of aryl methyl sites for hydroxylation is 1. The molecule has 30 heavy (non-hydrogen) atoms. The van der Waals surface area contributed by atoms with Gasteiger partial charge < -0.3 is 21.3 Å². The van der Waals surface area contributed by atoms with Crippen LogP contribution in [-0.2, 0) is 4.79 Å². The third-order valence-electron chi connectivity index (χ3n) is 5.94. The standard InChI is InChI=1S/C25H30N4O/c1-17-4-3-5-21(14-17)28-24-8-11-27-25(18(2)26)22-7-6-20(15-23(22)24)19-9-12-29(16-30)13-10-19/h3-7,9,14-16,24,27-28H,8,10-13,26H2,1-2H3/b25-18-. The number of nitrogens with zero attached hydrogens (tertiary/aromatic N) is 1. The molecule has 4 N–H and O–H groups in total. The van der Waals surface area contributed by atoms with Crippen molar-refractivity contribution in [2.45, 2.75) is 32.7 Å². The smallest absolute Gasteiger partial charge is 0.209 e. The van der Waals surface area contributed by atoms with E-state index in [1.807, 2.05) is 6.92 Å². The van der Waals surface area contributed by atoms with Crippen molar-refractivity contribution in [1.82, 2.24) is 10.2 Å². The molecule has 156 valence electrons. The molecule has 0 bridgehead atoms. The van der Waals surface area contributed by atoms with Gasteiger partial charge in [0.15, 0.2) is 0 Å². The van der Waals surface area contributed by atoms with Crippen LogP contribution in [0.4, 0.5) is 5.69 Å². The highest BCUT2D eigenvalue weighted by Gasteiger charge is 2.23. The molecule has 0 saturated heterocycles. The van der Waals surface area contributed by atoms with Gasteiger partial charge in [-0.3, -0.25) is 4.79 Å². The van der Waals surface area contributed by atoms with Gasteiger partial charge in [0.05, 0.1) is 11.7 Å². The number of anilines is 1. The van der Waals surface area contributed by atoms with E-state index in [4.69, 9.17) is 5.73 Å². The highest BCUT2D eigenvalue weighted by atomic mass is 16.1. The predicted molar refractivity (Wildman–Crippen MR) is 124 cm³/mol. The monoisotopic (exact) mass is 402 g/mol. The summed E-state index contributed by atoms with van der Waals surface area (Å²) in [4.78, 5) is 12.8. The van der Waals surface area contributed by atoms with E-state index in [0.717, 1.165) is 55.0 Å². The number of hydrogen-bond donors (Lipinski definition) is 3. The Bertz CT molecular complexity index is 1000. The van der Waals surface area contributed by atoms with Crippen molar-refractivity contribution in [3.63, 3.8) is 0 Å². The largest absolute Gasteiger partial charge is 0.401 e. The average molecular weight is 403 g/mol. The number of nitrogens with two attached hydrogens (primary N) is 1. The molecule has 0 aliphatic carbocycles. The van der Waals surface area contributed by atoms with Crippen molar-refractivity contribution in [3.8, 4) is 0 Å². The first kappa shape index (κ1) is 20.1. The molecule has 0 aromatic heterocycles. The molecule has 2 aromatic rings. The summed E-state index contributed by atoms with van der Waals surface area (Å²) in [5.41, 5.74) is 15.4. The molecule has 1 amide bonds. The molecule has 1 atom stereocenters. The number of hydrogen-bond acceptors (Lipinski definition) is 4. The van der Waals surface area contributed by atoms with Crippen molar-refractivity contribution in [1.29, 1.82) is 0 Å². The summed E-state index contributed by atoms with van der Waals surface area (Å²) in [6.07, 6.45) is 4.94. The van der Waals surface area contributed by atoms with Crippen LogP contribution in [-0.4, -0.2) is 30.9 Å². The summed E-state index contributed by atoms with van der Waals surface area (Å²) in [5.74, 6) is 0. The van der Waals surface area contributed by atoms with Crippen LogP contribution in [0.5, 0.6) is 0 Å². The molecule has 2 aromatic carbocycles. The summed E-state index contributed by atoms with van der Waals surface area (Å²) >= 11 is 0. The molecule has 2 aliphatic heterocycles. The lowest BCUT2D eigenvalue weighted by Gasteiger charge is -2.25. The van der Waals surface area contributed by atoms with Gasteiger partial charge in [0.25, 0.3) is 0 Å². The molecule has 2 aliphatic rings. The minimum absolute atomic E-state index is 0.182. The first-order valence-electron chi connectivity index (χ1n) is 10.6. The van der Waals surface area contributed by atoms with Gasteiger partial charge in [-0.25, -0.2) is 0 Å². The van der Waals surface area contributed by atoms with Crippen LogP contribution in [0, 0.1) is 6.92 Å². The second-order valence-electron chi connectivity index (χ2n) is 8.22. The normalized spacial score (nSPS) is 20.4. The predicted octanol–water partition coefficient (Wildman–Crippen LogP) is 4.03. The van der Waals surface area contributed by atoms with Crippen LogP contribution in [0.15, 0.2) is 54.2 Å². The second-order valence-corrected chi connectivity index (χ2v) is 8.22. The number of amides is 1. The molecule has 4 rings (SSSR count). The summed E-state index contributed by atoms with van der Waals surface area (Å²) in [6.45, 7) is 6.37. The van der Waals surface area contributed by atoms with Crippen molar-refractivity contribution >= 4 is 23.4 Å². The molecule has 0 spiro atoms. The number of allylic oxidation sites excluding steroid dienone is 1. The van der Waals surface area contributed by atoms with E-state index in [1.165, 1.54) is 22.3 Å². The SMILES string of the molecule is C/C(N)=C1/NCCC(Nc2cccc(C)c2)c2cc(C3=CCN(C=O)CC3)ccc21. The van der Waals surface area contributed by atoms with Gasteiger partial charge in [0, 0.05) is 36.6 Å². The van der Waals surface area contributed by atoms with Crippen molar-refractivity contribution in [3.05, 3.63) is 76.5 Å². The van der Waals surface area contributed by atoms with Gasteiger partial charge in [-0.1, -0.05) is 30.3 Å². The van der Waals surface area contributed by atoms with Crippen LogP contribution in [0.25, 0.3) is 11.3 Å². The first-order valence-corrected chi connectivity index (χ1v) is 10.6. The van der Waals surface area contributed by atoms with Crippen molar-refractivity contribution < 1.29 is 4.79 Å². The third-order valence-corrected chi connectivity index (χ3v) is 5.94. The lowest BCUT2D eigenvalue weighted by Crippen LogP contribution is -2.26. The number of nitrogens with one attached hydrogen (secondary N) is 2. The zero-order valence-corrected chi connectivity index (χ0v) is 17.7. The molecular weight excluding hydrogens is 372 g/mol. The minimum Gasteiger partial charge on any atom is -0.401 e. The average Bonchev–Trinajstić information content (AvgIpc) is 2.93. The van der Waals surface area contributed by atoms with E-state index in [9.17, 15) is 4.79 Å². The number of benzene rings is 2. The van der Waals surface area contributed by atoms with Gasteiger partial charge in [0.1, 0.15) is 0 Å².